The average molecular weight is 416 g/mol. The molecule has 2 aromatic carbocycles. The van der Waals surface area contributed by atoms with E-state index in [9.17, 15) is 9.59 Å². The van der Waals surface area contributed by atoms with Gasteiger partial charge in [0.05, 0.1) is 39.4 Å². The van der Waals surface area contributed by atoms with Crippen LogP contribution in [0.25, 0.3) is 0 Å². The van der Waals surface area contributed by atoms with Crippen LogP contribution in [0.5, 0.6) is 23.0 Å². The molecule has 1 unspecified atom stereocenters. The number of ether oxygens (including phenoxy) is 4. The number of hydrogen-bond donors (Lipinski definition) is 2. The predicted molar refractivity (Wildman–Crippen MR) is 112 cm³/mol. The second kappa shape index (κ2) is 10.9. The van der Waals surface area contributed by atoms with Gasteiger partial charge in [-0.2, -0.15) is 0 Å². The molecule has 8 heteroatoms. The van der Waals surface area contributed by atoms with Gasteiger partial charge >= 0.3 is 0 Å². The largest absolute Gasteiger partial charge is 0.494 e. The summed E-state index contributed by atoms with van der Waals surface area (Å²) >= 11 is 0. The number of nitrogens with one attached hydrogen (secondary N) is 1. The number of benzene rings is 2. The fourth-order valence-corrected chi connectivity index (χ4v) is 3.04. The Bertz CT molecular complexity index is 867. The Labute approximate surface area is 176 Å². The Morgan fingerprint density at radius 2 is 1.63 bits per heavy atom. The second-order valence-electron chi connectivity index (χ2n) is 6.47. The molecule has 0 aliphatic carbocycles. The van der Waals surface area contributed by atoms with Gasteiger partial charge < -0.3 is 30.0 Å². The predicted octanol–water partition coefficient (Wildman–Crippen LogP) is 2.19. The second-order valence-corrected chi connectivity index (χ2v) is 6.47. The lowest BCUT2D eigenvalue weighted by Gasteiger charge is -2.17. The van der Waals surface area contributed by atoms with Crippen molar-refractivity contribution in [3.8, 4) is 23.0 Å². The highest BCUT2D eigenvalue weighted by Gasteiger charge is 2.23. The van der Waals surface area contributed by atoms with Crippen molar-refractivity contribution < 1.29 is 28.5 Å². The van der Waals surface area contributed by atoms with Crippen molar-refractivity contribution in [3.05, 3.63) is 47.5 Å². The highest BCUT2D eigenvalue weighted by atomic mass is 16.5. The number of amides is 2. The van der Waals surface area contributed by atoms with E-state index in [1.807, 2.05) is 31.2 Å². The molecule has 162 valence electrons. The van der Waals surface area contributed by atoms with E-state index in [4.69, 9.17) is 24.7 Å². The van der Waals surface area contributed by atoms with Crippen LogP contribution in [0.15, 0.2) is 36.4 Å². The maximum atomic E-state index is 12.7. The van der Waals surface area contributed by atoms with Crippen molar-refractivity contribution in [2.24, 2.45) is 11.7 Å². The van der Waals surface area contributed by atoms with Crippen LogP contribution >= 0.6 is 0 Å². The van der Waals surface area contributed by atoms with Crippen molar-refractivity contribution >= 4 is 11.8 Å². The molecule has 2 rings (SSSR count). The third-order valence-corrected chi connectivity index (χ3v) is 4.58. The van der Waals surface area contributed by atoms with E-state index >= 15 is 0 Å². The van der Waals surface area contributed by atoms with E-state index in [1.54, 1.807) is 12.1 Å². The molecule has 3 N–H and O–H groups in total. The quantitative estimate of drug-likeness (QED) is 0.581. The first-order chi connectivity index (χ1) is 14.4. The molecular weight excluding hydrogens is 388 g/mol. The van der Waals surface area contributed by atoms with E-state index in [1.165, 1.54) is 21.3 Å². The zero-order valence-electron chi connectivity index (χ0n) is 17.7. The van der Waals surface area contributed by atoms with Gasteiger partial charge in [-0.3, -0.25) is 9.59 Å². The Morgan fingerprint density at radius 3 is 2.17 bits per heavy atom. The van der Waals surface area contributed by atoms with Crippen molar-refractivity contribution in [3.63, 3.8) is 0 Å². The molecule has 0 radical (unpaired) electrons. The van der Waals surface area contributed by atoms with Crippen LogP contribution in [0.1, 0.15) is 22.8 Å². The van der Waals surface area contributed by atoms with Gasteiger partial charge in [-0.15, -0.1) is 0 Å². The third kappa shape index (κ3) is 5.56. The van der Waals surface area contributed by atoms with Crippen molar-refractivity contribution in [2.75, 3.05) is 34.5 Å². The number of carbonyl (C=O) groups is 2. The summed E-state index contributed by atoms with van der Waals surface area (Å²) in [5.74, 6) is 0.277. The normalized spacial score (nSPS) is 11.3. The highest BCUT2D eigenvalue weighted by Crippen LogP contribution is 2.39. The Balaban J connectivity index is 2.11. The van der Waals surface area contributed by atoms with E-state index in [0.717, 1.165) is 11.3 Å². The summed E-state index contributed by atoms with van der Waals surface area (Å²) in [4.78, 5) is 24.6. The Kier molecular flexibility index (Phi) is 8.34. The van der Waals surface area contributed by atoms with Gasteiger partial charge in [0.15, 0.2) is 11.5 Å². The SMILES string of the molecule is CCOc1ccc(CC(CNC(=O)c2ccc(OC)c(OC)c2OC)C(N)=O)cc1. The zero-order valence-corrected chi connectivity index (χ0v) is 17.7. The van der Waals surface area contributed by atoms with Gasteiger partial charge in [-0.25, -0.2) is 0 Å². The first-order valence-corrected chi connectivity index (χ1v) is 9.53. The van der Waals surface area contributed by atoms with Gasteiger partial charge in [0, 0.05) is 6.54 Å². The molecule has 8 nitrogen and oxygen atoms in total. The van der Waals surface area contributed by atoms with Crippen LogP contribution in [-0.2, 0) is 11.2 Å². The summed E-state index contributed by atoms with van der Waals surface area (Å²) in [7, 11) is 4.39. The standard InChI is InChI=1S/C22H28N2O6/c1-5-30-16-8-6-14(7-9-16)12-15(21(23)25)13-24-22(26)17-10-11-18(27-2)20(29-4)19(17)28-3/h6-11,15H,5,12-13H2,1-4H3,(H2,23,25)(H,24,26). The van der Waals surface area contributed by atoms with E-state index in [2.05, 4.69) is 5.32 Å². The Hall–Kier alpha value is -3.42. The molecule has 0 bridgehead atoms. The van der Waals surface area contributed by atoms with Crippen molar-refractivity contribution in [1.29, 1.82) is 0 Å². The third-order valence-electron chi connectivity index (χ3n) is 4.58. The fraction of sp³-hybridized carbons (Fsp3) is 0.364. The lowest BCUT2D eigenvalue weighted by Crippen LogP contribution is -2.37. The number of rotatable bonds is 11. The van der Waals surface area contributed by atoms with Crippen molar-refractivity contribution in [1.82, 2.24) is 5.32 Å². The lowest BCUT2D eigenvalue weighted by atomic mass is 9.98. The first-order valence-electron chi connectivity index (χ1n) is 9.53. The molecular formula is C22H28N2O6. The molecule has 30 heavy (non-hydrogen) atoms. The molecule has 2 amide bonds. The number of carbonyl (C=O) groups excluding carboxylic acids is 2. The smallest absolute Gasteiger partial charge is 0.255 e. The molecule has 0 saturated heterocycles. The maximum absolute atomic E-state index is 12.7. The topological polar surface area (TPSA) is 109 Å². The van der Waals surface area contributed by atoms with Crippen molar-refractivity contribution in [2.45, 2.75) is 13.3 Å². The number of nitrogens with two attached hydrogens (primary N) is 1. The highest BCUT2D eigenvalue weighted by molar-refractivity contribution is 5.98. The molecule has 0 aromatic heterocycles. The summed E-state index contributed by atoms with van der Waals surface area (Å²) in [5, 5.41) is 2.75. The molecule has 0 aliphatic rings. The van der Waals surface area contributed by atoms with Crippen LogP contribution in [0.3, 0.4) is 0 Å². The molecule has 0 saturated carbocycles. The summed E-state index contributed by atoms with van der Waals surface area (Å²) < 4.78 is 21.3. The monoisotopic (exact) mass is 416 g/mol. The molecule has 1 atom stereocenters. The molecule has 0 heterocycles. The van der Waals surface area contributed by atoms with Crippen LogP contribution in [0.2, 0.25) is 0 Å². The van der Waals surface area contributed by atoms with Gasteiger partial charge in [0.25, 0.3) is 5.91 Å². The average Bonchev–Trinajstić information content (AvgIpc) is 2.76. The minimum Gasteiger partial charge on any atom is -0.494 e. The fourth-order valence-electron chi connectivity index (χ4n) is 3.04. The number of hydrogen-bond acceptors (Lipinski definition) is 6. The summed E-state index contributed by atoms with van der Waals surface area (Å²) in [6.07, 6.45) is 0.394. The van der Waals surface area contributed by atoms with E-state index in [0.29, 0.717) is 24.5 Å². The number of methoxy groups -OCH3 is 3. The maximum Gasteiger partial charge on any atom is 0.255 e. The number of primary amides is 1. The Morgan fingerprint density at radius 1 is 0.967 bits per heavy atom. The van der Waals surface area contributed by atoms with Crippen LogP contribution in [0.4, 0.5) is 0 Å². The molecule has 0 fully saturated rings. The molecule has 0 spiro atoms. The van der Waals surface area contributed by atoms with Gasteiger partial charge in [-0.1, -0.05) is 12.1 Å². The zero-order chi connectivity index (χ0) is 22.1. The van der Waals surface area contributed by atoms with Gasteiger partial charge in [0.2, 0.25) is 11.7 Å². The summed E-state index contributed by atoms with van der Waals surface area (Å²) in [6, 6.07) is 10.6. The molecule has 2 aromatic rings. The summed E-state index contributed by atoms with van der Waals surface area (Å²) in [5.41, 5.74) is 6.73. The molecule has 0 aliphatic heterocycles. The van der Waals surface area contributed by atoms with Crippen LogP contribution in [-0.4, -0.2) is 46.3 Å². The van der Waals surface area contributed by atoms with E-state index < -0.39 is 17.7 Å². The van der Waals surface area contributed by atoms with Gasteiger partial charge in [-0.05, 0) is 43.2 Å². The first kappa shape index (κ1) is 22.9. The van der Waals surface area contributed by atoms with Gasteiger partial charge in [0.1, 0.15) is 5.75 Å². The van der Waals surface area contributed by atoms with Crippen LogP contribution in [0, 0.1) is 5.92 Å². The van der Waals surface area contributed by atoms with E-state index in [-0.39, 0.29) is 17.9 Å². The minimum atomic E-state index is -0.571. The lowest BCUT2D eigenvalue weighted by molar-refractivity contribution is -0.121. The summed E-state index contributed by atoms with van der Waals surface area (Å²) in [6.45, 7) is 2.57. The van der Waals surface area contributed by atoms with Crippen LogP contribution < -0.4 is 30.0 Å². The minimum absolute atomic E-state index is 0.0822.